The number of carbonyl (C=O) groups is 1. The number of amides is 1. The second-order valence-electron chi connectivity index (χ2n) is 9.85. The molecule has 1 atom stereocenters. The van der Waals surface area contributed by atoms with Crippen molar-refractivity contribution in [3.8, 4) is 11.4 Å². The van der Waals surface area contributed by atoms with Gasteiger partial charge in [-0.2, -0.15) is 4.31 Å². The van der Waals surface area contributed by atoms with E-state index in [0.29, 0.717) is 16.9 Å². The van der Waals surface area contributed by atoms with Crippen LogP contribution in [-0.4, -0.2) is 43.0 Å². The Morgan fingerprint density at radius 2 is 1.72 bits per heavy atom. The minimum atomic E-state index is -4.02. The van der Waals surface area contributed by atoms with Crippen LogP contribution in [0.5, 0.6) is 0 Å². The summed E-state index contributed by atoms with van der Waals surface area (Å²) in [6.07, 6.45) is 0.265. The van der Waals surface area contributed by atoms with Crippen LogP contribution in [0.4, 0.5) is 0 Å². The SMILES string of the molecule is C[Si](C)(C)ONC(=O)[C@H]1Cc2ccccc2CN1S(=O)(=O)c1ccc2nc(-c3ccccc3)[nH]c2c1. The van der Waals surface area contributed by atoms with Crippen LogP contribution in [-0.2, 0) is 32.3 Å². The van der Waals surface area contributed by atoms with Gasteiger partial charge in [0.2, 0.25) is 18.3 Å². The number of benzene rings is 3. The number of nitrogens with one attached hydrogen (secondary N) is 2. The van der Waals surface area contributed by atoms with Gasteiger partial charge in [-0.3, -0.25) is 4.79 Å². The van der Waals surface area contributed by atoms with Crippen LogP contribution < -0.4 is 5.48 Å². The van der Waals surface area contributed by atoms with E-state index >= 15 is 0 Å². The minimum absolute atomic E-state index is 0.0970. The Labute approximate surface area is 211 Å². The standard InChI is InChI=1S/C26H28N4O4SSi/c1-36(2,3)34-29-26(31)24-15-19-11-7-8-12-20(19)17-30(24)35(32,33)21-13-14-22-23(16-21)28-25(27-22)18-9-5-4-6-10-18/h4-14,16,24H,15,17H2,1-3H3,(H,27,28)(H,29,31)/t24-/m1/s1. The van der Waals surface area contributed by atoms with Crippen LogP contribution in [0.15, 0.2) is 77.7 Å². The number of sulfonamides is 1. The van der Waals surface area contributed by atoms with Gasteiger partial charge >= 0.3 is 0 Å². The lowest BCUT2D eigenvalue weighted by molar-refractivity contribution is -0.132. The van der Waals surface area contributed by atoms with E-state index in [1.165, 1.54) is 4.31 Å². The molecular weight excluding hydrogens is 492 g/mol. The molecule has 4 aromatic rings. The van der Waals surface area contributed by atoms with Crippen molar-refractivity contribution < 1.29 is 17.7 Å². The highest BCUT2D eigenvalue weighted by Gasteiger charge is 2.40. The fourth-order valence-electron chi connectivity index (χ4n) is 4.26. The Hall–Kier alpha value is -3.31. The summed E-state index contributed by atoms with van der Waals surface area (Å²) in [6.45, 7) is 5.93. The first-order chi connectivity index (χ1) is 17.1. The molecule has 2 N–H and O–H groups in total. The van der Waals surface area contributed by atoms with Crippen LogP contribution >= 0.6 is 0 Å². The lowest BCUT2D eigenvalue weighted by Gasteiger charge is -2.35. The molecule has 2 heterocycles. The number of aromatic amines is 1. The minimum Gasteiger partial charge on any atom is -0.338 e. The van der Waals surface area contributed by atoms with Gasteiger partial charge in [0.15, 0.2) is 0 Å². The highest BCUT2D eigenvalue weighted by atomic mass is 32.2. The Morgan fingerprint density at radius 3 is 2.44 bits per heavy atom. The smallest absolute Gasteiger partial charge is 0.261 e. The number of aromatic nitrogens is 2. The molecule has 1 aliphatic rings. The summed E-state index contributed by atoms with van der Waals surface area (Å²) < 4.78 is 34.7. The first kappa shape index (κ1) is 24.4. The van der Waals surface area contributed by atoms with Gasteiger partial charge in [0.1, 0.15) is 11.9 Å². The van der Waals surface area contributed by atoms with Crippen molar-refractivity contribution in [2.45, 2.75) is 43.5 Å². The molecule has 0 spiro atoms. The first-order valence-corrected chi connectivity index (χ1v) is 16.6. The molecule has 186 valence electrons. The molecule has 0 saturated heterocycles. The van der Waals surface area contributed by atoms with Gasteiger partial charge in [-0.05, 0) is 55.4 Å². The van der Waals surface area contributed by atoms with E-state index in [0.717, 1.165) is 16.7 Å². The van der Waals surface area contributed by atoms with Crippen LogP contribution in [0.1, 0.15) is 11.1 Å². The topological polar surface area (TPSA) is 104 Å². The molecule has 0 radical (unpaired) electrons. The maximum Gasteiger partial charge on any atom is 0.261 e. The summed E-state index contributed by atoms with van der Waals surface area (Å²) in [5, 5.41) is 0. The lowest BCUT2D eigenvalue weighted by Crippen LogP contribution is -2.53. The van der Waals surface area contributed by atoms with Crippen LogP contribution in [0.2, 0.25) is 19.6 Å². The fourth-order valence-corrected chi connectivity index (χ4v) is 6.26. The van der Waals surface area contributed by atoms with Crippen molar-refractivity contribution in [1.82, 2.24) is 19.8 Å². The quantitative estimate of drug-likeness (QED) is 0.293. The van der Waals surface area contributed by atoms with Gasteiger partial charge in [-0.25, -0.2) is 18.9 Å². The zero-order valence-electron chi connectivity index (χ0n) is 20.4. The number of carbonyl (C=O) groups excluding carboxylic acids is 1. The number of fused-ring (bicyclic) bond motifs is 2. The summed E-state index contributed by atoms with van der Waals surface area (Å²) in [5.74, 6) is 0.192. The normalized spacial score (nSPS) is 16.6. The molecule has 10 heteroatoms. The van der Waals surface area contributed by atoms with E-state index in [9.17, 15) is 13.2 Å². The molecule has 0 aliphatic carbocycles. The number of hydroxylamine groups is 1. The van der Waals surface area contributed by atoms with Crippen molar-refractivity contribution in [1.29, 1.82) is 0 Å². The zero-order chi connectivity index (χ0) is 25.5. The predicted molar refractivity (Wildman–Crippen MR) is 141 cm³/mol. The summed E-state index contributed by atoms with van der Waals surface area (Å²) in [5.41, 5.74) is 6.54. The Balaban J connectivity index is 1.51. The van der Waals surface area contributed by atoms with Crippen LogP contribution in [0.3, 0.4) is 0 Å². The number of imidazole rings is 1. The maximum absolute atomic E-state index is 13.9. The van der Waals surface area contributed by atoms with E-state index in [1.54, 1.807) is 18.2 Å². The molecule has 3 aromatic carbocycles. The van der Waals surface area contributed by atoms with E-state index < -0.39 is 30.3 Å². The van der Waals surface area contributed by atoms with Gasteiger partial charge in [0.25, 0.3) is 5.91 Å². The monoisotopic (exact) mass is 520 g/mol. The number of hydrogen-bond acceptors (Lipinski definition) is 5. The molecule has 1 aliphatic heterocycles. The average Bonchev–Trinajstić information content (AvgIpc) is 3.30. The summed E-state index contributed by atoms with van der Waals surface area (Å²) in [6, 6.07) is 21.1. The van der Waals surface area contributed by atoms with E-state index in [-0.39, 0.29) is 17.9 Å². The third kappa shape index (κ3) is 4.85. The van der Waals surface area contributed by atoms with Gasteiger partial charge in [0, 0.05) is 12.1 Å². The molecule has 8 nitrogen and oxygen atoms in total. The summed E-state index contributed by atoms with van der Waals surface area (Å²) in [4.78, 5) is 21.1. The second-order valence-corrected chi connectivity index (χ2v) is 16.2. The molecule has 0 fully saturated rings. The lowest BCUT2D eigenvalue weighted by atomic mass is 9.95. The predicted octanol–water partition coefficient (Wildman–Crippen LogP) is 4.23. The average molecular weight is 521 g/mol. The van der Waals surface area contributed by atoms with Crippen LogP contribution in [0.25, 0.3) is 22.4 Å². The number of hydrogen-bond donors (Lipinski definition) is 2. The van der Waals surface area contributed by atoms with Gasteiger partial charge in [0.05, 0.1) is 15.9 Å². The van der Waals surface area contributed by atoms with Crippen molar-refractivity contribution >= 4 is 35.3 Å². The Kier molecular flexibility index (Phi) is 6.29. The number of rotatable bonds is 6. The molecule has 0 unspecified atom stereocenters. The number of H-pyrrole nitrogens is 1. The molecular formula is C26H28N4O4SSi. The third-order valence-electron chi connectivity index (χ3n) is 6.07. The van der Waals surface area contributed by atoms with E-state index in [1.807, 2.05) is 74.2 Å². The Bertz CT molecular complexity index is 1530. The highest BCUT2D eigenvalue weighted by Crippen LogP contribution is 2.31. The molecule has 36 heavy (non-hydrogen) atoms. The summed E-state index contributed by atoms with van der Waals surface area (Å²) >= 11 is 0. The van der Waals surface area contributed by atoms with Crippen molar-refractivity contribution in [3.05, 3.63) is 83.9 Å². The molecule has 1 aromatic heterocycles. The van der Waals surface area contributed by atoms with Gasteiger partial charge in [-0.15, -0.1) is 0 Å². The molecule has 1 amide bonds. The van der Waals surface area contributed by atoms with Gasteiger partial charge in [-0.1, -0.05) is 54.6 Å². The third-order valence-corrected chi connectivity index (χ3v) is 8.64. The second kappa shape index (κ2) is 9.29. The molecule has 0 bridgehead atoms. The molecule has 5 rings (SSSR count). The number of nitrogens with zero attached hydrogens (tertiary/aromatic N) is 2. The maximum atomic E-state index is 13.9. The zero-order valence-corrected chi connectivity index (χ0v) is 22.2. The largest absolute Gasteiger partial charge is 0.338 e. The first-order valence-electron chi connectivity index (χ1n) is 11.7. The highest BCUT2D eigenvalue weighted by molar-refractivity contribution is 7.89. The Morgan fingerprint density at radius 1 is 1.03 bits per heavy atom. The summed E-state index contributed by atoms with van der Waals surface area (Å²) in [7, 11) is -6.07. The van der Waals surface area contributed by atoms with Crippen molar-refractivity contribution in [3.63, 3.8) is 0 Å². The van der Waals surface area contributed by atoms with E-state index in [2.05, 4.69) is 15.4 Å². The van der Waals surface area contributed by atoms with Crippen molar-refractivity contribution in [2.75, 3.05) is 0 Å². The van der Waals surface area contributed by atoms with Crippen LogP contribution in [0, 0.1) is 0 Å². The van der Waals surface area contributed by atoms with Gasteiger partial charge < -0.3 is 9.51 Å². The van der Waals surface area contributed by atoms with Crippen molar-refractivity contribution in [2.24, 2.45) is 0 Å². The van der Waals surface area contributed by atoms with E-state index in [4.69, 9.17) is 4.53 Å². The molecule has 0 saturated carbocycles. The fraction of sp³-hybridized carbons (Fsp3) is 0.231.